The van der Waals surface area contributed by atoms with E-state index in [0.29, 0.717) is 18.7 Å². The SMILES string of the molecule is CC1(C)C(N)=N[C@](C)(C2C=C(NC(=O)c3ccc(OC(F)F)cn3)C=CC2F)[C@@H]2CCN=[S@@]21=O. The van der Waals surface area contributed by atoms with Gasteiger partial charge in [-0.3, -0.25) is 9.79 Å². The molecular formula is C22H26F3N5O3S. The van der Waals surface area contributed by atoms with Gasteiger partial charge in [-0.1, -0.05) is 6.08 Å². The molecule has 2 aliphatic heterocycles. The molecule has 0 saturated carbocycles. The minimum atomic E-state index is -3.00. The van der Waals surface area contributed by atoms with Crippen molar-refractivity contribution in [2.75, 3.05) is 6.54 Å². The van der Waals surface area contributed by atoms with Crippen LogP contribution in [0, 0.1) is 5.92 Å². The highest BCUT2D eigenvalue weighted by Gasteiger charge is 2.59. The molecule has 1 aromatic heterocycles. The Morgan fingerprint density at radius 1 is 1.32 bits per heavy atom. The van der Waals surface area contributed by atoms with Crippen LogP contribution < -0.4 is 15.8 Å². The van der Waals surface area contributed by atoms with Gasteiger partial charge in [0.15, 0.2) is 0 Å². The standard InChI is InChI=1S/C22H26F3N5O3S/c1-21(2)19(26)30-22(3,17-8-9-28-34(17,21)32)14-10-12(4-6-15(14)23)29-18(31)16-7-5-13(11-27-16)33-20(24)25/h4-7,10-11,14-15,17,20H,8-9H2,1-3H3,(H2,26,30)(H,29,31)/t14?,15?,17-,22+,34+/m0/s1. The number of amidine groups is 1. The molecule has 1 aliphatic carbocycles. The first-order valence-electron chi connectivity index (χ1n) is 10.7. The van der Waals surface area contributed by atoms with Crippen LogP contribution in [0.1, 0.15) is 37.7 Å². The zero-order valence-corrected chi connectivity index (χ0v) is 19.7. The van der Waals surface area contributed by atoms with Crippen LogP contribution in [-0.2, 0) is 9.73 Å². The van der Waals surface area contributed by atoms with Crippen molar-refractivity contribution in [2.24, 2.45) is 21.0 Å². The van der Waals surface area contributed by atoms with E-state index in [4.69, 9.17) is 5.73 Å². The highest BCUT2D eigenvalue weighted by Crippen LogP contribution is 2.47. The molecule has 1 aromatic rings. The number of nitrogens with zero attached hydrogens (tertiary/aromatic N) is 3. The number of aromatic nitrogens is 1. The Morgan fingerprint density at radius 3 is 2.71 bits per heavy atom. The number of pyridine rings is 1. The van der Waals surface area contributed by atoms with E-state index >= 15 is 4.39 Å². The Morgan fingerprint density at radius 2 is 2.06 bits per heavy atom. The van der Waals surface area contributed by atoms with Crippen molar-refractivity contribution in [1.82, 2.24) is 10.3 Å². The summed E-state index contributed by atoms with van der Waals surface area (Å²) < 4.78 is 61.4. The summed E-state index contributed by atoms with van der Waals surface area (Å²) in [7, 11) is -2.81. The molecule has 0 saturated heterocycles. The second-order valence-electron chi connectivity index (χ2n) is 9.09. The fourth-order valence-electron chi connectivity index (χ4n) is 4.71. The normalized spacial score (nSPS) is 34.0. The Hall–Kier alpha value is -2.89. The molecule has 4 rings (SSSR count). The average molecular weight is 498 g/mol. The Bertz CT molecular complexity index is 1200. The first-order valence-corrected chi connectivity index (χ1v) is 12.3. The summed E-state index contributed by atoms with van der Waals surface area (Å²) in [5.41, 5.74) is 5.36. The predicted octanol–water partition coefficient (Wildman–Crippen LogP) is 2.97. The van der Waals surface area contributed by atoms with Crippen molar-refractivity contribution in [3.05, 3.63) is 47.9 Å². The Kier molecular flexibility index (Phi) is 5.99. The van der Waals surface area contributed by atoms with Crippen molar-refractivity contribution >= 4 is 21.5 Å². The van der Waals surface area contributed by atoms with Crippen LogP contribution in [0.5, 0.6) is 5.75 Å². The van der Waals surface area contributed by atoms with Crippen molar-refractivity contribution in [2.45, 2.75) is 55.5 Å². The van der Waals surface area contributed by atoms with Gasteiger partial charge in [0.25, 0.3) is 5.91 Å². The van der Waals surface area contributed by atoms with E-state index in [9.17, 15) is 17.8 Å². The fraction of sp³-hybridized carbons (Fsp3) is 0.500. The van der Waals surface area contributed by atoms with Gasteiger partial charge in [-0.25, -0.2) is 17.9 Å². The monoisotopic (exact) mass is 497 g/mol. The number of nitrogens with one attached hydrogen (secondary N) is 1. The number of rotatable bonds is 5. The molecule has 0 aromatic carbocycles. The van der Waals surface area contributed by atoms with Gasteiger partial charge in [-0.2, -0.15) is 8.78 Å². The summed E-state index contributed by atoms with van der Waals surface area (Å²) in [6.07, 6.45) is 4.33. The van der Waals surface area contributed by atoms with Crippen LogP contribution in [0.15, 0.2) is 51.6 Å². The lowest BCUT2D eigenvalue weighted by atomic mass is 9.76. The van der Waals surface area contributed by atoms with E-state index < -0.39 is 49.9 Å². The molecule has 0 spiro atoms. The quantitative estimate of drug-likeness (QED) is 0.648. The molecule has 0 bridgehead atoms. The molecule has 1 amide bonds. The summed E-state index contributed by atoms with van der Waals surface area (Å²) in [6.45, 7) is 2.60. The van der Waals surface area contributed by atoms with E-state index in [1.165, 1.54) is 24.3 Å². The van der Waals surface area contributed by atoms with Gasteiger partial charge in [0.1, 0.15) is 28.2 Å². The van der Waals surface area contributed by atoms with Crippen molar-refractivity contribution in [3.63, 3.8) is 0 Å². The van der Waals surface area contributed by atoms with Crippen LogP contribution in [0.4, 0.5) is 13.2 Å². The van der Waals surface area contributed by atoms with E-state index in [-0.39, 0.29) is 17.3 Å². The number of aliphatic imine (C=N–C) groups is 1. The number of ether oxygens (including phenoxy) is 1. The Balaban J connectivity index is 1.61. The molecule has 3 aliphatic rings. The van der Waals surface area contributed by atoms with Crippen LogP contribution in [0.25, 0.3) is 0 Å². The third kappa shape index (κ3) is 3.87. The minimum Gasteiger partial charge on any atom is -0.433 e. The fourth-order valence-corrected chi connectivity index (χ4v) is 7.92. The molecule has 2 unspecified atom stereocenters. The third-order valence-electron chi connectivity index (χ3n) is 6.71. The number of carbonyl (C=O) groups is 1. The Labute approximate surface area is 195 Å². The number of fused-ring (bicyclic) bond motifs is 1. The number of amides is 1. The first kappa shape index (κ1) is 24.2. The number of hydrogen-bond acceptors (Lipinski definition) is 7. The number of halogens is 3. The van der Waals surface area contributed by atoms with Gasteiger partial charge in [0.2, 0.25) is 0 Å². The number of allylic oxidation sites excluding steroid dienone is 2. The van der Waals surface area contributed by atoms with Gasteiger partial charge in [0.05, 0.1) is 26.7 Å². The highest BCUT2D eigenvalue weighted by atomic mass is 32.2. The first-order chi connectivity index (χ1) is 15.9. The van der Waals surface area contributed by atoms with Gasteiger partial charge in [-0.15, -0.1) is 0 Å². The van der Waals surface area contributed by atoms with Crippen LogP contribution in [-0.4, -0.2) is 55.8 Å². The zero-order valence-electron chi connectivity index (χ0n) is 18.9. The molecule has 3 heterocycles. The third-order valence-corrected chi connectivity index (χ3v) is 10.4. The van der Waals surface area contributed by atoms with Gasteiger partial charge in [0, 0.05) is 18.2 Å². The molecule has 5 atom stereocenters. The lowest BCUT2D eigenvalue weighted by molar-refractivity contribution is -0.0500. The topological polar surface area (TPSA) is 119 Å². The molecule has 3 N–H and O–H groups in total. The maximum Gasteiger partial charge on any atom is 0.387 e. The smallest absolute Gasteiger partial charge is 0.387 e. The lowest BCUT2D eigenvalue weighted by Gasteiger charge is -2.48. The molecular weight excluding hydrogens is 471 g/mol. The van der Waals surface area contributed by atoms with Crippen molar-refractivity contribution < 1.29 is 26.9 Å². The molecule has 184 valence electrons. The number of alkyl halides is 3. The second kappa shape index (κ2) is 8.40. The van der Waals surface area contributed by atoms with E-state index in [1.54, 1.807) is 26.8 Å². The maximum atomic E-state index is 15.2. The van der Waals surface area contributed by atoms with Crippen LogP contribution in [0.3, 0.4) is 0 Å². The largest absolute Gasteiger partial charge is 0.433 e. The molecule has 12 heteroatoms. The minimum absolute atomic E-state index is 0.0413. The van der Waals surface area contributed by atoms with Crippen molar-refractivity contribution in [3.8, 4) is 5.75 Å². The second-order valence-corrected chi connectivity index (χ2v) is 12.1. The summed E-state index contributed by atoms with van der Waals surface area (Å²) in [6, 6.07) is 2.43. The van der Waals surface area contributed by atoms with Gasteiger partial charge < -0.3 is 15.8 Å². The summed E-state index contributed by atoms with van der Waals surface area (Å²) >= 11 is 0. The molecule has 34 heavy (non-hydrogen) atoms. The average Bonchev–Trinajstić information content (AvgIpc) is 3.18. The summed E-state index contributed by atoms with van der Waals surface area (Å²) in [5.74, 6) is -1.49. The van der Waals surface area contributed by atoms with E-state index in [1.807, 2.05) is 0 Å². The number of hydrogen-bond donors (Lipinski definition) is 2. The van der Waals surface area contributed by atoms with Crippen molar-refractivity contribution in [1.29, 1.82) is 0 Å². The van der Waals surface area contributed by atoms with E-state index in [0.717, 1.165) is 6.20 Å². The van der Waals surface area contributed by atoms with Gasteiger partial charge in [-0.05, 0) is 51.5 Å². The number of carbonyl (C=O) groups excluding carboxylic acids is 1. The highest BCUT2D eigenvalue weighted by molar-refractivity contribution is 7.96. The van der Waals surface area contributed by atoms with Crippen LogP contribution in [0.2, 0.25) is 0 Å². The molecule has 0 radical (unpaired) electrons. The summed E-state index contributed by atoms with van der Waals surface area (Å²) in [5, 5.41) is 2.14. The predicted molar refractivity (Wildman–Crippen MR) is 122 cm³/mol. The van der Waals surface area contributed by atoms with E-state index in [2.05, 4.69) is 24.4 Å². The maximum absolute atomic E-state index is 15.2. The zero-order chi connectivity index (χ0) is 24.9. The number of nitrogens with two attached hydrogens (primary N) is 1. The van der Waals surface area contributed by atoms with Crippen LogP contribution >= 0.6 is 0 Å². The summed E-state index contributed by atoms with van der Waals surface area (Å²) in [4.78, 5) is 21.1. The molecule has 8 nitrogen and oxygen atoms in total. The molecule has 0 fully saturated rings. The lowest BCUT2D eigenvalue weighted by Crippen LogP contribution is -2.62. The van der Waals surface area contributed by atoms with Gasteiger partial charge >= 0.3 is 6.61 Å².